The standard InChI is InChI=1S/C26H35NO5/c1-4-5-8-19-15-23(28)32-22-14-17(2)13-21(24(19)22)31-18(3)25(29)27-12-11-26(30)10-7-6-9-20(26)16-27/h13-15,18,20,30H,4-12,16H2,1-3H3/t18-,20-,26+/m0/s1. The summed E-state index contributed by atoms with van der Waals surface area (Å²) in [7, 11) is 0. The van der Waals surface area contributed by atoms with Gasteiger partial charge in [0.15, 0.2) is 6.10 Å². The summed E-state index contributed by atoms with van der Waals surface area (Å²) < 4.78 is 11.7. The normalized spacial score (nSPS) is 24.2. The number of piperidine rings is 1. The van der Waals surface area contributed by atoms with E-state index in [0.29, 0.717) is 30.8 Å². The topological polar surface area (TPSA) is 80.0 Å². The maximum absolute atomic E-state index is 13.3. The van der Waals surface area contributed by atoms with Crippen LogP contribution in [0.15, 0.2) is 27.4 Å². The van der Waals surface area contributed by atoms with Crippen molar-refractivity contribution in [2.75, 3.05) is 13.1 Å². The Bertz CT molecular complexity index is 1040. The Hall–Kier alpha value is -2.34. The molecule has 1 aromatic carbocycles. The highest BCUT2D eigenvalue weighted by Crippen LogP contribution is 2.40. The van der Waals surface area contributed by atoms with Gasteiger partial charge in [0.1, 0.15) is 11.3 Å². The molecule has 3 atom stereocenters. The number of benzene rings is 1. The molecule has 0 spiro atoms. The zero-order chi connectivity index (χ0) is 22.9. The van der Waals surface area contributed by atoms with Crippen LogP contribution in [0.25, 0.3) is 11.0 Å². The van der Waals surface area contributed by atoms with Crippen molar-refractivity contribution in [1.82, 2.24) is 4.90 Å². The van der Waals surface area contributed by atoms with Gasteiger partial charge in [-0.05, 0) is 69.2 Å². The Morgan fingerprint density at radius 2 is 2.12 bits per heavy atom. The number of ether oxygens (including phenoxy) is 1. The van der Waals surface area contributed by atoms with E-state index in [1.807, 2.05) is 24.0 Å². The minimum absolute atomic E-state index is 0.0558. The number of aliphatic hydroxyl groups is 1. The maximum Gasteiger partial charge on any atom is 0.336 e. The van der Waals surface area contributed by atoms with Crippen LogP contribution >= 0.6 is 0 Å². The molecule has 2 heterocycles. The second-order valence-corrected chi connectivity index (χ2v) is 9.67. The molecule has 2 aromatic rings. The predicted molar refractivity (Wildman–Crippen MR) is 124 cm³/mol. The summed E-state index contributed by atoms with van der Waals surface area (Å²) in [5.74, 6) is 0.678. The van der Waals surface area contributed by atoms with Crippen LogP contribution in [0.3, 0.4) is 0 Å². The minimum atomic E-state index is -0.666. The van der Waals surface area contributed by atoms with Gasteiger partial charge in [-0.15, -0.1) is 0 Å². The number of unbranched alkanes of at least 4 members (excludes halogenated alkanes) is 1. The van der Waals surface area contributed by atoms with Crippen LogP contribution in [0.4, 0.5) is 0 Å². The summed E-state index contributed by atoms with van der Waals surface area (Å²) in [4.78, 5) is 27.2. The third-order valence-corrected chi connectivity index (χ3v) is 7.22. The van der Waals surface area contributed by atoms with Crippen molar-refractivity contribution >= 4 is 16.9 Å². The Balaban J connectivity index is 1.57. The van der Waals surface area contributed by atoms with Crippen LogP contribution in [-0.4, -0.2) is 40.7 Å². The molecule has 1 saturated carbocycles. The average molecular weight is 442 g/mol. The van der Waals surface area contributed by atoms with Gasteiger partial charge in [-0.25, -0.2) is 4.79 Å². The summed E-state index contributed by atoms with van der Waals surface area (Å²) in [6.07, 6.45) is 6.69. The number of aryl methyl sites for hydroxylation is 2. The van der Waals surface area contributed by atoms with Gasteiger partial charge in [0, 0.05) is 25.1 Å². The van der Waals surface area contributed by atoms with Crippen LogP contribution in [0.5, 0.6) is 5.75 Å². The minimum Gasteiger partial charge on any atom is -0.480 e. The van der Waals surface area contributed by atoms with Gasteiger partial charge in [0.25, 0.3) is 5.91 Å². The van der Waals surface area contributed by atoms with Crippen molar-refractivity contribution in [3.63, 3.8) is 0 Å². The SMILES string of the molecule is CCCCc1cc(=O)oc2cc(C)cc(O[C@@H](C)C(=O)N3CC[C@]4(O)CCCC[C@H]4C3)c12. The monoisotopic (exact) mass is 441 g/mol. The highest BCUT2D eigenvalue weighted by molar-refractivity contribution is 5.88. The number of rotatable bonds is 6. The largest absolute Gasteiger partial charge is 0.480 e. The van der Waals surface area contributed by atoms with Crippen molar-refractivity contribution in [3.8, 4) is 5.75 Å². The highest BCUT2D eigenvalue weighted by Gasteiger charge is 2.44. The number of likely N-dealkylation sites (tertiary alicyclic amines) is 1. The van der Waals surface area contributed by atoms with Crippen molar-refractivity contribution in [2.45, 2.75) is 83.8 Å². The van der Waals surface area contributed by atoms with E-state index in [-0.39, 0.29) is 17.5 Å². The summed E-state index contributed by atoms with van der Waals surface area (Å²) in [6.45, 7) is 6.97. The molecule has 0 bridgehead atoms. The molecule has 1 aliphatic carbocycles. The molecule has 1 aromatic heterocycles. The molecule has 0 radical (unpaired) electrons. The van der Waals surface area contributed by atoms with Gasteiger partial charge in [0.2, 0.25) is 0 Å². The lowest BCUT2D eigenvalue weighted by Gasteiger charge is -2.47. The smallest absolute Gasteiger partial charge is 0.336 e. The van der Waals surface area contributed by atoms with Gasteiger partial charge < -0.3 is 19.2 Å². The number of amides is 1. The Kier molecular flexibility index (Phi) is 6.61. The van der Waals surface area contributed by atoms with E-state index in [1.165, 1.54) is 0 Å². The molecule has 0 unspecified atom stereocenters. The molecule has 32 heavy (non-hydrogen) atoms. The molecule has 6 heteroatoms. The van der Waals surface area contributed by atoms with Gasteiger partial charge in [-0.1, -0.05) is 26.2 Å². The van der Waals surface area contributed by atoms with E-state index in [1.54, 1.807) is 13.0 Å². The summed E-state index contributed by atoms with van der Waals surface area (Å²) in [5.41, 5.74) is 1.34. The molecule has 2 fully saturated rings. The van der Waals surface area contributed by atoms with E-state index < -0.39 is 11.7 Å². The van der Waals surface area contributed by atoms with Crippen molar-refractivity contribution in [2.24, 2.45) is 5.92 Å². The number of carbonyl (C=O) groups excluding carboxylic acids is 1. The van der Waals surface area contributed by atoms with Crippen LogP contribution in [0.2, 0.25) is 0 Å². The Labute approximate surface area is 189 Å². The fraction of sp³-hybridized carbons (Fsp3) is 0.615. The van der Waals surface area contributed by atoms with E-state index in [0.717, 1.165) is 61.5 Å². The zero-order valence-corrected chi connectivity index (χ0v) is 19.5. The Morgan fingerprint density at radius 1 is 1.31 bits per heavy atom. The first-order chi connectivity index (χ1) is 15.3. The van der Waals surface area contributed by atoms with Gasteiger partial charge in [0.05, 0.1) is 11.0 Å². The fourth-order valence-corrected chi connectivity index (χ4v) is 5.40. The molecule has 4 rings (SSSR count). The number of hydrogen-bond donors (Lipinski definition) is 1. The molecule has 1 amide bonds. The van der Waals surface area contributed by atoms with Crippen LogP contribution in [0.1, 0.15) is 69.9 Å². The summed E-state index contributed by atoms with van der Waals surface area (Å²) in [5, 5.41) is 11.7. The van der Waals surface area contributed by atoms with Crippen molar-refractivity contribution < 1.29 is 19.1 Å². The number of fused-ring (bicyclic) bond motifs is 2. The quantitative estimate of drug-likeness (QED) is 0.674. The second kappa shape index (κ2) is 9.26. The van der Waals surface area contributed by atoms with E-state index >= 15 is 0 Å². The van der Waals surface area contributed by atoms with Crippen molar-refractivity contribution in [1.29, 1.82) is 0 Å². The number of carbonyl (C=O) groups is 1. The number of hydrogen-bond acceptors (Lipinski definition) is 5. The van der Waals surface area contributed by atoms with E-state index in [4.69, 9.17) is 9.15 Å². The van der Waals surface area contributed by atoms with Crippen LogP contribution in [0, 0.1) is 12.8 Å². The Morgan fingerprint density at radius 3 is 2.91 bits per heavy atom. The average Bonchev–Trinajstić information content (AvgIpc) is 2.75. The number of nitrogens with zero attached hydrogens (tertiary/aromatic N) is 1. The third-order valence-electron chi connectivity index (χ3n) is 7.22. The molecule has 6 nitrogen and oxygen atoms in total. The first-order valence-electron chi connectivity index (χ1n) is 12.1. The summed E-state index contributed by atoms with van der Waals surface area (Å²) in [6, 6.07) is 5.30. The molecule has 2 aliphatic rings. The first kappa shape index (κ1) is 22.8. The first-order valence-corrected chi connectivity index (χ1v) is 12.1. The molecule has 1 saturated heterocycles. The third kappa shape index (κ3) is 4.56. The lowest BCUT2D eigenvalue weighted by molar-refractivity contribution is -0.149. The fourth-order valence-electron chi connectivity index (χ4n) is 5.40. The van der Waals surface area contributed by atoms with E-state index in [2.05, 4.69) is 6.92 Å². The van der Waals surface area contributed by atoms with Gasteiger partial charge in [-0.3, -0.25) is 4.79 Å². The van der Waals surface area contributed by atoms with E-state index in [9.17, 15) is 14.7 Å². The van der Waals surface area contributed by atoms with Crippen molar-refractivity contribution in [3.05, 3.63) is 39.7 Å². The molecular formula is C26H35NO5. The second-order valence-electron chi connectivity index (χ2n) is 9.67. The van der Waals surface area contributed by atoms with Crippen LogP contribution < -0.4 is 10.4 Å². The highest BCUT2D eigenvalue weighted by atomic mass is 16.5. The molecular weight excluding hydrogens is 406 g/mol. The maximum atomic E-state index is 13.3. The van der Waals surface area contributed by atoms with Gasteiger partial charge >= 0.3 is 5.63 Å². The predicted octanol–water partition coefficient (Wildman–Crippen LogP) is 4.36. The van der Waals surface area contributed by atoms with Crippen LogP contribution in [-0.2, 0) is 11.2 Å². The summed E-state index contributed by atoms with van der Waals surface area (Å²) >= 11 is 0. The lowest BCUT2D eigenvalue weighted by Crippen LogP contribution is -2.56. The van der Waals surface area contributed by atoms with Gasteiger partial charge in [-0.2, -0.15) is 0 Å². The zero-order valence-electron chi connectivity index (χ0n) is 19.5. The molecule has 1 aliphatic heterocycles. The lowest BCUT2D eigenvalue weighted by atomic mass is 9.71. The molecule has 1 N–H and O–H groups in total. The molecule has 174 valence electrons.